The summed E-state index contributed by atoms with van der Waals surface area (Å²) in [6, 6.07) is 11.8. The maximum absolute atomic E-state index is 12.3. The van der Waals surface area contributed by atoms with Gasteiger partial charge < -0.3 is 4.74 Å². The molecule has 0 aliphatic rings. The summed E-state index contributed by atoms with van der Waals surface area (Å²) < 4.78 is 64.9. The molecule has 0 unspecified atom stereocenters. The molecule has 24 heavy (non-hydrogen) atoms. The number of para-hydroxylation sites is 1. The molecule has 2 aromatic carbocycles. The molecule has 2 N–H and O–H groups in total. The first-order valence-corrected chi connectivity index (χ1v) is 7.89. The molecule has 0 atom stereocenters. The summed E-state index contributed by atoms with van der Waals surface area (Å²) in [6.07, 6.45) is -5.06. The first-order chi connectivity index (χ1) is 11.2. The Morgan fingerprint density at radius 1 is 0.958 bits per heavy atom. The van der Waals surface area contributed by atoms with Crippen molar-refractivity contribution in [3.8, 4) is 5.75 Å². The first kappa shape index (κ1) is 17.8. The molecule has 0 bridgehead atoms. The van der Waals surface area contributed by atoms with Gasteiger partial charge in [-0.25, -0.2) is 8.42 Å². The minimum atomic E-state index is -5.06. The zero-order valence-electron chi connectivity index (χ0n) is 11.9. The average Bonchev–Trinajstić information content (AvgIpc) is 2.52. The Labute approximate surface area is 135 Å². The number of alkyl halides is 3. The van der Waals surface area contributed by atoms with Crippen LogP contribution in [0.25, 0.3) is 0 Å². The lowest BCUT2D eigenvalue weighted by molar-refractivity contribution is -0.275. The van der Waals surface area contributed by atoms with E-state index in [-0.39, 0.29) is 5.56 Å². The zero-order chi connectivity index (χ0) is 17.8. The molecule has 0 radical (unpaired) electrons. The van der Waals surface area contributed by atoms with Crippen LogP contribution in [-0.2, 0) is 10.0 Å². The Hall–Kier alpha value is -2.59. The fourth-order valence-corrected chi connectivity index (χ4v) is 2.68. The molecule has 0 spiro atoms. The van der Waals surface area contributed by atoms with Crippen molar-refractivity contribution in [2.24, 2.45) is 0 Å². The van der Waals surface area contributed by atoms with E-state index >= 15 is 0 Å². The molecule has 0 saturated carbocycles. The number of hydrogen-bond acceptors (Lipinski definition) is 4. The highest BCUT2D eigenvalue weighted by atomic mass is 32.2. The third-order valence-electron chi connectivity index (χ3n) is 2.70. The van der Waals surface area contributed by atoms with Crippen LogP contribution in [0, 0.1) is 0 Å². The number of hydrazine groups is 1. The van der Waals surface area contributed by atoms with Crippen LogP contribution in [0.5, 0.6) is 5.75 Å². The van der Waals surface area contributed by atoms with Crippen LogP contribution in [-0.4, -0.2) is 20.7 Å². The number of carbonyl (C=O) groups is 1. The minimum Gasteiger partial charge on any atom is -0.404 e. The fraction of sp³-hybridized carbons (Fsp3) is 0.0714. The smallest absolute Gasteiger partial charge is 0.404 e. The highest BCUT2D eigenvalue weighted by Gasteiger charge is 2.34. The number of hydrogen-bond donors (Lipinski definition) is 2. The van der Waals surface area contributed by atoms with Crippen LogP contribution in [0.4, 0.5) is 13.2 Å². The second-order valence-electron chi connectivity index (χ2n) is 4.42. The van der Waals surface area contributed by atoms with E-state index in [0.29, 0.717) is 0 Å². The van der Waals surface area contributed by atoms with Crippen molar-refractivity contribution in [1.82, 2.24) is 10.3 Å². The highest BCUT2D eigenvalue weighted by Crippen LogP contribution is 2.28. The minimum absolute atomic E-state index is 0.167. The van der Waals surface area contributed by atoms with Gasteiger partial charge in [0.1, 0.15) is 10.6 Å². The second-order valence-corrected chi connectivity index (χ2v) is 6.07. The maximum atomic E-state index is 12.3. The van der Waals surface area contributed by atoms with Crippen molar-refractivity contribution in [3.63, 3.8) is 0 Å². The summed E-state index contributed by atoms with van der Waals surface area (Å²) in [6.45, 7) is 0. The quantitative estimate of drug-likeness (QED) is 0.801. The molecule has 128 valence electrons. The molecule has 0 heterocycles. The van der Waals surface area contributed by atoms with E-state index in [1.807, 2.05) is 5.43 Å². The van der Waals surface area contributed by atoms with Gasteiger partial charge in [-0.3, -0.25) is 10.2 Å². The third kappa shape index (κ3) is 4.70. The van der Waals surface area contributed by atoms with E-state index in [0.717, 1.165) is 12.1 Å². The molecule has 0 aliphatic heterocycles. The Morgan fingerprint density at radius 2 is 1.54 bits per heavy atom. The van der Waals surface area contributed by atoms with E-state index in [1.165, 1.54) is 24.3 Å². The predicted octanol–water partition coefficient (Wildman–Crippen LogP) is 2.21. The Bertz CT molecular complexity index is 823. The van der Waals surface area contributed by atoms with Gasteiger partial charge in [0.2, 0.25) is 0 Å². The lowest BCUT2D eigenvalue weighted by Crippen LogP contribution is -2.41. The van der Waals surface area contributed by atoms with Crippen LogP contribution in [0.3, 0.4) is 0 Å². The number of amides is 1. The SMILES string of the molecule is O=C(NNS(=O)(=O)c1ccccc1OC(F)(F)F)c1ccccc1. The predicted molar refractivity (Wildman–Crippen MR) is 77.4 cm³/mol. The van der Waals surface area contributed by atoms with E-state index in [1.54, 1.807) is 23.0 Å². The molecular formula is C14H11F3N2O4S. The molecule has 0 aliphatic carbocycles. The number of benzene rings is 2. The summed E-state index contributed by atoms with van der Waals surface area (Å²) in [5.41, 5.74) is 2.08. The number of ether oxygens (including phenoxy) is 1. The van der Waals surface area contributed by atoms with Crippen molar-refractivity contribution < 1.29 is 31.1 Å². The molecule has 6 nitrogen and oxygen atoms in total. The number of carbonyl (C=O) groups excluding carboxylic acids is 1. The van der Waals surface area contributed by atoms with Gasteiger partial charge in [0.25, 0.3) is 15.9 Å². The highest BCUT2D eigenvalue weighted by molar-refractivity contribution is 7.89. The maximum Gasteiger partial charge on any atom is 0.573 e. The number of nitrogens with one attached hydrogen (secondary N) is 2. The summed E-state index contributed by atoms with van der Waals surface area (Å²) in [5.74, 6) is -1.68. The largest absolute Gasteiger partial charge is 0.573 e. The summed E-state index contributed by atoms with van der Waals surface area (Å²) in [4.78, 5) is 12.7. The van der Waals surface area contributed by atoms with E-state index in [4.69, 9.17) is 0 Å². The van der Waals surface area contributed by atoms with Gasteiger partial charge >= 0.3 is 6.36 Å². The van der Waals surface area contributed by atoms with Crippen molar-refractivity contribution in [2.45, 2.75) is 11.3 Å². The number of rotatable bonds is 5. The third-order valence-corrected chi connectivity index (χ3v) is 3.99. The van der Waals surface area contributed by atoms with E-state index in [9.17, 15) is 26.4 Å². The normalized spacial score (nSPS) is 11.8. The molecule has 0 aromatic heterocycles. The molecule has 10 heteroatoms. The summed E-state index contributed by atoms with van der Waals surface area (Å²) in [5, 5.41) is 0. The topological polar surface area (TPSA) is 84.5 Å². The standard InChI is InChI=1S/C14H11F3N2O4S/c15-14(16,17)23-11-8-4-5-9-12(11)24(21,22)19-18-13(20)10-6-2-1-3-7-10/h1-9,19H,(H,18,20). The Morgan fingerprint density at radius 3 is 2.17 bits per heavy atom. The van der Waals surface area contributed by atoms with Gasteiger partial charge in [0, 0.05) is 5.56 Å². The Balaban J connectivity index is 2.18. The van der Waals surface area contributed by atoms with E-state index in [2.05, 4.69) is 4.74 Å². The lowest BCUT2D eigenvalue weighted by atomic mass is 10.2. The molecule has 1 amide bonds. The first-order valence-electron chi connectivity index (χ1n) is 6.41. The van der Waals surface area contributed by atoms with Crippen molar-refractivity contribution >= 4 is 15.9 Å². The molecular weight excluding hydrogens is 349 g/mol. The van der Waals surface area contributed by atoms with Crippen LogP contribution in [0.15, 0.2) is 59.5 Å². The van der Waals surface area contributed by atoms with Gasteiger partial charge in [-0.15, -0.1) is 18.0 Å². The van der Waals surface area contributed by atoms with Crippen molar-refractivity contribution in [2.75, 3.05) is 0 Å². The summed E-state index contributed by atoms with van der Waals surface area (Å²) >= 11 is 0. The van der Waals surface area contributed by atoms with Gasteiger partial charge in [-0.1, -0.05) is 30.3 Å². The number of sulfonamides is 1. The average molecular weight is 360 g/mol. The van der Waals surface area contributed by atoms with Crippen LogP contribution < -0.4 is 15.0 Å². The fourth-order valence-electron chi connectivity index (χ4n) is 1.71. The lowest BCUT2D eigenvalue weighted by Gasteiger charge is -2.14. The molecule has 0 fully saturated rings. The van der Waals surface area contributed by atoms with Gasteiger partial charge in [-0.05, 0) is 24.3 Å². The second kappa shape index (κ2) is 6.89. The molecule has 0 saturated heterocycles. The van der Waals surface area contributed by atoms with Gasteiger partial charge in [-0.2, -0.15) is 0 Å². The Kier molecular flexibility index (Phi) is 5.10. The summed E-state index contributed by atoms with van der Waals surface area (Å²) in [7, 11) is -4.47. The van der Waals surface area contributed by atoms with E-state index < -0.39 is 32.9 Å². The molecule has 2 aromatic rings. The van der Waals surface area contributed by atoms with Crippen molar-refractivity contribution in [1.29, 1.82) is 0 Å². The van der Waals surface area contributed by atoms with Crippen molar-refractivity contribution in [3.05, 3.63) is 60.2 Å². The monoisotopic (exact) mass is 360 g/mol. The van der Waals surface area contributed by atoms with Gasteiger partial charge in [0.05, 0.1) is 0 Å². The van der Waals surface area contributed by atoms with Crippen LogP contribution in [0.1, 0.15) is 10.4 Å². The van der Waals surface area contributed by atoms with Crippen LogP contribution in [0.2, 0.25) is 0 Å². The van der Waals surface area contributed by atoms with Gasteiger partial charge in [0.15, 0.2) is 0 Å². The zero-order valence-corrected chi connectivity index (χ0v) is 12.7. The number of halogens is 3. The molecule has 2 rings (SSSR count). The van der Waals surface area contributed by atoms with Crippen LogP contribution >= 0.6 is 0 Å².